The van der Waals surface area contributed by atoms with E-state index in [1.54, 1.807) is 13.2 Å². The van der Waals surface area contributed by atoms with Gasteiger partial charge >= 0.3 is 0 Å². The van der Waals surface area contributed by atoms with Gasteiger partial charge in [-0.2, -0.15) is 5.10 Å². The lowest BCUT2D eigenvalue weighted by Crippen LogP contribution is -2.34. The van der Waals surface area contributed by atoms with Gasteiger partial charge in [0.1, 0.15) is 11.5 Å². The van der Waals surface area contributed by atoms with Crippen LogP contribution in [-0.2, 0) is 0 Å². The lowest BCUT2D eigenvalue weighted by atomic mass is 9.96. The first-order valence-corrected chi connectivity index (χ1v) is 11.0. The van der Waals surface area contributed by atoms with Gasteiger partial charge in [-0.15, -0.1) is 0 Å². The number of hydrazone groups is 1. The second kappa shape index (κ2) is 7.80. The van der Waals surface area contributed by atoms with Crippen molar-refractivity contribution in [2.75, 3.05) is 7.11 Å². The van der Waals surface area contributed by atoms with E-state index in [0.29, 0.717) is 15.8 Å². The van der Waals surface area contributed by atoms with Gasteiger partial charge < -0.3 is 9.47 Å². The van der Waals surface area contributed by atoms with E-state index in [0.717, 1.165) is 39.0 Å². The molecule has 2 aliphatic heterocycles. The fourth-order valence-corrected chi connectivity index (χ4v) is 5.01. The summed E-state index contributed by atoms with van der Waals surface area (Å²) in [6.45, 7) is 0. The minimum absolute atomic E-state index is 0.0221. The van der Waals surface area contributed by atoms with Crippen LogP contribution in [0.5, 0.6) is 11.5 Å². The maximum absolute atomic E-state index is 6.42. The van der Waals surface area contributed by atoms with Gasteiger partial charge in [0.25, 0.3) is 0 Å². The summed E-state index contributed by atoms with van der Waals surface area (Å²) in [5.41, 5.74) is 3.93. The van der Waals surface area contributed by atoms with E-state index in [9.17, 15) is 0 Å². The van der Waals surface area contributed by atoms with E-state index in [2.05, 4.69) is 34.1 Å². The van der Waals surface area contributed by atoms with Crippen LogP contribution in [0.4, 0.5) is 0 Å². The molecule has 0 fully saturated rings. The molecule has 0 amide bonds. The summed E-state index contributed by atoms with van der Waals surface area (Å²) < 4.78 is 13.0. The molecule has 30 heavy (non-hydrogen) atoms. The Morgan fingerprint density at radius 2 is 1.87 bits per heavy atom. The second-order valence-corrected chi connectivity index (χ2v) is 8.93. The molecule has 5 rings (SSSR count). The molecule has 0 saturated heterocycles. The van der Waals surface area contributed by atoms with E-state index in [-0.39, 0.29) is 6.04 Å². The first kappa shape index (κ1) is 19.7. The molecule has 0 N–H and O–H groups in total. The molecule has 4 nitrogen and oxygen atoms in total. The van der Waals surface area contributed by atoms with Crippen LogP contribution < -0.4 is 9.47 Å². The van der Waals surface area contributed by atoms with Gasteiger partial charge in [-0.05, 0) is 35.9 Å². The molecule has 0 aromatic heterocycles. The largest absolute Gasteiger partial charge is 0.495 e. The van der Waals surface area contributed by atoms with Crippen LogP contribution in [0.1, 0.15) is 35.4 Å². The third-order valence-electron chi connectivity index (χ3n) is 5.37. The van der Waals surface area contributed by atoms with Gasteiger partial charge in [0.2, 0.25) is 6.23 Å². The zero-order chi connectivity index (χ0) is 20.8. The molecule has 0 bridgehead atoms. The first-order chi connectivity index (χ1) is 14.5. The Bertz CT molecular complexity index is 1150. The molecule has 0 unspecified atom stereocenters. The van der Waals surface area contributed by atoms with Crippen LogP contribution in [-0.4, -0.2) is 17.8 Å². The molecular formula is C23H17BrCl2N2O2. The molecule has 0 saturated carbocycles. The van der Waals surface area contributed by atoms with Crippen LogP contribution >= 0.6 is 39.1 Å². The van der Waals surface area contributed by atoms with Crippen LogP contribution in [0.2, 0.25) is 10.0 Å². The molecule has 2 aliphatic rings. The fourth-order valence-electron chi connectivity index (χ4n) is 4.05. The summed E-state index contributed by atoms with van der Waals surface area (Å²) in [5, 5.41) is 7.91. The molecule has 3 aromatic rings. The smallest absolute Gasteiger partial charge is 0.217 e. The van der Waals surface area contributed by atoms with E-state index < -0.39 is 6.23 Å². The summed E-state index contributed by atoms with van der Waals surface area (Å²) >= 11 is 16.3. The van der Waals surface area contributed by atoms with E-state index >= 15 is 0 Å². The highest BCUT2D eigenvalue weighted by molar-refractivity contribution is 9.10. The van der Waals surface area contributed by atoms with Crippen molar-refractivity contribution in [1.29, 1.82) is 0 Å². The summed E-state index contributed by atoms with van der Waals surface area (Å²) in [4.78, 5) is 0. The quantitative estimate of drug-likeness (QED) is 0.385. The molecular weight excluding hydrogens is 487 g/mol. The van der Waals surface area contributed by atoms with E-state index in [1.807, 2.05) is 41.4 Å². The predicted molar refractivity (Wildman–Crippen MR) is 123 cm³/mol. The molecule has 0 radical (unpaired) electrons. The number of ether oxygens (including phenoxy) is 2. The van der Waals surface area contributed by atoms with Gasteiger partial charge in [0, 0.05) is 21.5 Å². The molecule has 3 aromatic carbocycles. The van der Waals surface area contributed by atoms with Gasteiger partial charge in [0.15, 0.2) is 0 Å². The van der Waals surface area contributed by atoms with Crippen molar-refractivity contribution in [2.45, 2.75) is 18.7 Å². The Hall–Kier alpha value is -2.21. The zero-order valence-corrected chi connectivity index (χ0v) is 19.1. The van der Waals surface area contributed by atoms with Gasteiger partial charge in [-0.3, -0.25) is 0 Å². The summed E-state index contributed by atoms with van der Waals surface area (Å²) in [7, 11) is 1.59. The normalized spacial score (nSPS) is 19.6. The SMILES string of the molecule is COc1c(Cl)cc(Cl)cc1[C@H]1Oc2ccc(Br)cc2[C@@H]2CC(c3ccccc3)=NN12. The van der Waals surface area contributed by atoms with Crippen LogP contribution in [0.25, 0.3) is 0 Å². The minimum atomic E-state index is -0.518. The van der Waals surface area contributed by atoms with E-state index in [1.165, 1.54) is 0 Å². The Morgan fingerprint density at radius 1 is 1.07 bits per heavy atom. The lowest BCUT2D eigenvalue weighted by molar-refractivity contribution is -0.0203. The lowest BCUT2D eigenvalue weighted by Gasteiger charge is -2.38. The van der Waals surface area contributed by atoms with Crippen molar-refractivity contribution in [3.63, 3.8) is 0 Å². The molecule has 0 aliphatic carbocycles. The molecule has 0 spiro atoms. The number of hydrogen-bond donors (Lipinski definition) is 0. The van der Waals surface area contributed by atoms with Gasteiger partial charge in [-0.25, -0.2) is 5.01 Å². The summed E-state index contributed by atoms with van der Waals surface area (Å²) in [5.74, 6) is 1.35. The number of nitrogens with zero attached hydrogens (tertiary/aromatic N) is 2. The highest BCUT2D eigenvalue weighted by atomic mass is 79.9. The zero-order valence-electron chi connectivity index (χ0n) is 16.0. The highest BCUT2D eigenvalue weighted by Gasteiger charge is 2.42. The predicted octanol–water partition coefficient (Wildman–Crippen LogP) is 7.01. The Labute approximate surface area is 193 Å². The number of hydrogen-bond acceptors (Lipinski definition) is 4. The number of halogens is 3. The van der Waals surface area contributed by atoms with Crippen molar-refractivity contribution in [2.24, 2.45) is 5.10 Å². The van der Waals surface area contributed by atoms with E-state index in [4.69, 9.17) is 37.8 Å². The van der Waals surface area contributed by atoms with Crippen molar-refractivity contribution in [3.05, 3.63) is 91.9 Å². The average molecular weight is 504 g/mol. The third kappa shape index (κ3) is 3.35. The maximum Gasteiger partial charge on any atom is 0.217 e. The Kier molecular flexibility index (Phi) is 5.13. The summed E-state index contributed by atoms with van der Waals surface area (Å²) in [6, 6.07) is 19.8. The highest BCUT2D eigenvalue weighted by Crippen LogP contribution is 2.50. The number of fused-ring (bicyclic) bond motifs is 3. The van der Waals surface area contributed by atoms with Crippen LogP contribution in [0.3, 0.4) is 0 Å². The third-order valence-corrected chi connectivity index (χ3v) is 6.36. The van der Waals surface area contributed by atoms with Crippen molar-refractivity contribution in [1.82, 2.24) is 5.01 Å². The fraction of sp³-hybridized carbons (Fsp3) is 0.174. The van der Waals surface area contributed by atoms with Gasteiger partial charge in [-0.1, -0.05) is 69.5 Å². The molecule has 152 valence electrons. The topological polar surface area (TPSA) is 34.1 Å². The Balaban J connectivity index is 1.67. The van der Waals surface area contributed by atoms with Crippen LogP contribution in [0, 0.1) is 0 Å². The average Bonchev–Trinajstić information content (AvgIpc) is 3.19. The molecule has 2 heterocycles. The Morgan fingerprint density at radius 3 is 2.63 bits per heavy atom. The maximum atomic E-state index is 6.42. The number of rotatable bonds is 3. The minimum Gasteiger partial charge on any atom is -0.495 e. The standard InChI is InChI=1S/C23H17BrCl2N2O2/c1-29-22-17(10-15(25)11-18(22)26)23-28-20(16-9-14(24)7-8-21(16)30-23)12-19(27-28)13-5-3-2-4-6-13/h2-11,20,23H,12H2,1H3/t20-,23+/m0/s1. The molecule has 7 heteroatoms. The first-order valence-electron chi connectivity index (χ1n) is 9.45. The number of methoxy groups -OCH3 is 1. The van der Waals surface area contributed by atoms with Crippen LogP contribution in [0.15, 0.2) is 70.2 Å². The monoisotopic (exact) mass is 502 g/mol. The number of benzene rings is 3. The van der Waals surface area contributed by atoms with Crippen molar-refractivity contribution in [3.8, 4) is 11.5 Å². The van der Waals surface area contributed by atoms with Crippen molar-refractivity contribution < 1.29 is 9.47 Å². The molecule has 2 atom stereocenters. The van der Waals surface area contributed by atoms with Crippen molar-refractivity contribution >= 4 is 44.8 Å². The summed E-state index contributed by atoms with van der Waals surface area (Å²) in [6.07, 6.45) is 0.250. The second-order valence-electron chi connectivity index (χ2n) is 7.18. The van der Waals surface area contributed by atoms with Gasteiger partial charge in [0.05, 0.1) is 29.4 Å².